The maximum atomic E-state index is 11.4. The molecule has 1 aliphatic heterocycles. The third-order valence-electron chi connectivity index (χ3n) is 2.47. The molecule has 2 heterocycles. The maximum Gasteiger partial charge on any atom is 0.303 e. The van der Waals surface area contributed by atoms with Gasteiger partial charge in [-0.1, -0.05) is 0 Å². The summed E-state index contributed by atoms with van der Waals surface area (Å²) in [5.41, 5.74) is 2.39. The number of hydrogen-bond acceptors (Lipinski definition) is 2. The Labute approximate surface area is 86.5 Å². The number of aliphatic carboxylic acids is 1. The number of carbonyl (C=O) groups excluding carboxylic acids is 1. The molecule has 5 nitrogen and oxygen atoms in total. The van der Waals surface area contributed by atoms with Crippen molar-refractivity contribution in [1.29, 1.82) is 0 Å². The van der Waals surface area contributed by atoms with E-state index in [1.807, 2.05) is 0 Å². The molecule has 3 N–H and O–H groups in total. The van der Waals surface area contributed by atoms with E-state index in [-0.39, 0.29) is 12.3 Å². The van der Waals surface area contributed by atoms with E-state index in [0.29, 0.717) is 18.5 Å². The minimum atomic E-state index is -0.827. The van der Waals surface area contributed by atoms with Crippen LogP contribution in [0.25, 0.3) is 0 Å². The third kappa shape index (κ3) is 2.01. The van der Waals surface area contributed by atoms with Gasteiger partial charge in [-0.15, -0.1) is 0 Å². The van der Waals surface area contributed by atoms with Crippen LogP contribution in [0.15, 0.2) is 6.07 Å². The molecule has 0 radical (unpaired) electrons. The number of H-pyrrole nitrogens is 1. The molecule has 0 saturated carbocycles. The quantitative estimate of drug-likeness (QED) is 0.669. The SMILES string of the molecule is O=C(O)CCc1cc2c([nH]1)CCNC2=O. The van der Waals surface area contributed by atoms with Gasteiger partial charge in [-0.25, -0.2) is 0 Å². The fourth-order valence-electron chi connectivity index (χ4n) is 1.73. The molecule has 0 aliphatic carbocycles. The molecule has 1 amide bonds. The van der Waals surface area contributed by atoms with Crippen LogP contribution >= 0.6 is 0 Å². The van der Waals surface area contributed by atoms with Crippen LogP contribution in [0.1, 0.15) is 28.2 Å². The Morgan fingerprint density at radius 2 is 2.33 bits per heavy atom. The van der Waals surface area contributed by atoms with Crippen LogP contribution in [0.3, 0.4) is 0 Å². The number of aryl methyl sites for hydroxylation is 1. The van der Waals surface area contributed by atoms with Crippen LogP contribution in [0.2, 0.25) is 0 Å². The summed E-state index contributed by atoms with van der Waals surface area (Å²) in [5, 5.41) is 11.3. The second-order valence-electron chi connectivity index (χ2n) is 3.59. The average molecular weight is 208 g/mol. The number of rotatable bonds is 3. The van der Waals surface area contributed by atoms with E-state index >= 15 is 0 Å². The predicted octanol–water partition coefficient (Wildman–Crippen LogP) is 0.318. The molecule has 1 aliphatic rings. The number of nitrogens with one attached hydrogen (secondary N) is 2. The summed E-state index contributed by atoms with van der Waals surface area (Å²) in [6.45, 7) is 0.644. The molecule has 0 unspecified atom stereocenters. The highest BCUT2D eigenvalue weighted by Gasteiger charge is 2.19. The number of fused-ring (bicyclic) bond motifs is 1. The van der Waals surface area contributed by atoms with Gasteiger partial charge in [0.1, 0.15) is 0 Å². The Morgan fingerprint density at radius 3 is 3.00 bits per heavy atom. The lowest BCUT2D eigenvalue weighted by Gasteiger charge is -2.10. The van der Waals surface area contributed by atoms with Crippen molar-refractivity contribution in [3.8, 4) is 0 Å². The number of carboxylic acid groups (broad SMARTS) is 1. The number of aromatic amines is 1. The summed E-state index contributed by atoms with van der Waals surface area (Å²) >= 11 is 0. The van der Waals surface area contributed by atoms with Crippen molar-refractivity contribution in [3.05, 3.63) is 23.0 Å². The highest BCUT2D eigenvalue weighted by Crippen LogP contribution is 2.15. The normalized spacial score (nSPS) is 14.5. The Bertz CT molecular complexity index is 409. The predicted molar refractivity (Wildman–Crippen MR) is 52.8 cm³/mol. The molecule has 0 fully saturated rings. The van der Waals surface area contributed by atoms with Gasteiger partial charge in [0.2, 0.25) is 0 Å². The van der Waals surface area contributed by atoms with Crippen LogP contribution in [0.4, 0.5) is 0 Å². The number of amides is 1. The Balaban J connectivity index is 2.14. The van der Waals surface area contributed by atoms with Crippen molar-refractivity contribution < 1.29 is 14.7 Å². The molecule has 15 heavy (non-hydrogen) atoms. The second kappa shape index (κ2) is 3.76. The molecule has 1 aromatic heterocycles. The van der Waals surface area contributed by atoms with Crippen LogP contribution in [0.5, 0.6) is 0 Å². The van der Waals surface area contributed by atoms with E-state index in [4.69, 9.17) is 5.11 Å². The van der Waals surface area contributed by atoms with Crippen molar-refractivity contribution in [2.45, 2.75) is 19.3 Å². The number of aromatic nitrogens is 1. The molecule has 0 spiro atoms. The summed E-state index contributed by atoms with van der Waals surface area (Å²) in [7, 11) is 0. The zero-order chi connectivity index (χ0) is 10.8. The van der Waals surface area contributed by atoms with Crippen LogP contribution in [-0.4, -0.2) is 28.5 Å². The smallest absolute Gasteiger partial charge is 0.303 e. The van der Waals surface area contributed by atoms with Gasteiger partial charge < -0.3 is 15.4 Å². The van der Waals surface area contributed by atoms with E-state index in [1.165, 1.54) is 0 Å². The lowest BCUT2D eigenvalue weighted by molar-refractivity contribution is -0.136. The molecule has 80 valence electrons. The van der Waals surface area contributed by atoms with Crippen LogP contribution < -0.4 is 5.32 Å². The van der Waals surface area contributed by atoms with Crippen molar-refractivity contribution in [1.82, 2.24) is 10.3 Å². The summed E-state index contributed by atoms with van der Waals surface area (Å²) in [6, 6.07) is 1.74. The van der Waals surface area contributed by atoms with E-state index in [9.17, 15) is 9.59 Å². The minimum absolute atomic E-state index is 0.0749. The lowest BCUT2D eigenvalue weighted by atomic mass is 10.1. The van der Waals surface area contributed by atoms with Crippen LogP contribution in [-0.2, 0) is 17.6 Å². The summed E-state index contributed by atoms with van der Waals surface area (Å²) < 4.78 is 0. The van der Waals surface area contributed by atoms with Gasteiger partial charge in [-0.05, 0) is 12.5 Å². The first kappa shape index (κ1) is 9.76. The van der Waals surface area contributed by atoms with Gasteiger partial charge in [0.25, 0.3) is 5.91 Å². The van der Waals surface area contributed by atoms with Crippen molar-refractivity contribution in [2.75, 3.05) is 6.54 Å². The van der Waals surface area contributed by atoms with E-state index in [1.54, 1.807) is 6.07 Å². The first-order valence-corrected chi connectivity index (χ1v) is 4.87. The average Bonchev–Trinajstić information content (AvgIpc) is 2.59. The summed E-state index contributed by atoms with van der Waals surface area (Å²) in [4.78, 5) is 24.9. The fourth-order valence-corrected chi connectivity index (χ4v) is 1.73. The molecular weight excluding hydrogens is 196 g/mol. The molecule has 0 bridgehead atoms. The molecule has 0 aromatic carbocycles. The van der Waals surface area contributed by atoms with Crippen molar-refractivity contribution >= 4 is 11.9 Å². The summed E-state index contributed by atoms with van der Waals surface area (Å²) in [5.74, 6) is -0.902. The first-order valence-electron chi connectivity index (χ1n) is 4.87. The highest BCUT2D eigenvalue weighted by molar-refractivity contribution is 5.96. The highest BCUT2D eigenvalue weighted by atomic mass is 16.4. The van der Waals surface area contributed by atoms with Gasteiger partial charge in [-0.3, -0.25) is 9.59 Å². The standard InChI is InChI=1S/C10H12N2O3/c13-9(14)2-1-6-5-7-8(12-6)3-4-11-10(7)15/h5,12H,1-4H2,(H,11,15)(H,13,14). The van der Waals surface area contributed by atoms with E-state index in [0.717, 1.165) is 17.8 Å². The number of carboxylic acids is 1. The molecule has 0 saturated heterocycles. The van der Waals surface area contributed by atoms with Gasteiger partial charge in [0.15, 0.2) is 0 Å². The van der Waals surface area contributed by atoms with Crippen molar-refractivity contribution in [3.63, 3.8) is 0 Å². The molecule has 5 heteroatoms. The largest absolute Gasteiger partial charge is 0.481 e. The zero-order valence-electron chi connectivity index (χ0n) is 8.17. The molecule has 1 aromatic rings. The van der Waals surface area contributed by atoms with E-state index < -0.39 is 5.97 Å². The van der Waals surface area contributed by atoms with Gasteiger partial charge in [-0.2, -0.15) is 0 Å². The molecule has 2 rings (SSSR count). The monoisotopic (exact) mass is 208 g/mol. The lowest BCUT2D eigenvalue weighted by Crippen LogP contribution is -2.31. The first-order chi connectivity index (χ1) is 7.16. The number of carbonyl (C=O) groups is 2. The van der Waals surface area contributed by atoms with Gasteiger partial charge in [0.05, 0.1) is 12.0 Å². The van der Waals surface area contributed by atoms with Gasteiger partial charge >= 0.3 is 5.97 Å². The van der Waals surface area contributed by atoms with Crippen molar-refractivity contribution in [2.24, 2.45) is 0 Å². The summed E-state index contributed by atoms with van der Waals surface area (Å²) in [6.07, 6.45) is 1.31. The number of hydrogen-bond donors (Lipinski definition) is 3. The third-order valence-corrected chi connectivity index (χ3v) is 2.47. The Morgan fingerprint density at radius 1 is 1.53 bits per heavy atom. The van der Waals surface area contributed by atoms with E-state index in [2.05, 4.69) is 10.3 Å². The topological polar surface area (TPSA) is 82.2 Å². The zero-order valence-corrected chi connectivity index (χ0v) is 8.17. The molecule has 0 atom stereocenters. The fraction of sp³-hybridized carbons (Fsp3) is 0.400. The Kier molecular flexibility index (Phi) is 2.45. The second-order valence-corrected chi connectivity index (χ2v) is 3.59. The molecular formula is C10H12N2O3. The van der Waals surface area contributed by atoms with Crippen LogP contribution in [0, 0.1) is 0 Å². The maximum absolute atomic E-state index is 11.4. The minimum Gasteiger partial charge on any atom is -0.481 e. The Hall–Kier alpha value is -1.78. The van der Waals surface area contributed by atoms with Gasteiger partial charge in [0, 0.05) is 24.4 Å².